The minimum Gasteiger partial charge on any atom is -0.453 e. The number of rotatable bonds is 7. The van der Waals surface area contributed by atoms with Gasteiger partial charge in [-0.3, -0.25) is 14.4 Å². The second-order valence-corrected chi connectivity index (χ2v) is 7.07. The Bertz CT molecular complexity index is 1020. The highest BCUT2D eigenvalue weighted by Crippen LogP contribution is 2.24. The number of pyridine rings is 1. The van der Waals surface area contributed by atoms with Crippen LogP contribution in [0.2, 0.25) is 0 Å². The van der Waals surface area contributed by atoms with Gasteiger partial charge in [-0.25, -0.2) is 8.42 Å². The van der Waals surface area contributed by atoms with Crippen molar-refractivity contribution in [3.8, 4) is 5.88 Å². The Kier molecular flexibility index (Phi) is 5.31. The Labute approximate surface area is 153 Å². The van der Waals surface area contributed by atoms with Gasteiger partial charge in [-0.1, -0.05) is 18.2 Å². The van der Waals surface area contributed by atoms with Crippen molar-refractivity contribution in [1.29, 1.82) is 0 Å². The standard InChI is InChI=1S/C16H14N4O6S/c21-14(12-5-4-8-17-11-12)18-9-10-25-15-16(20(22)26-19-15)27(23,24)13-6-2-1-3-7-13/h1-8,11H,9-10H2,(H,18,21). The van der Waals surface area contributed by atoms with Crippen molar-refractivity contribution in [2.45, 2.75) is 9.92 Å². The molecule has 0 bridgehead atoms. The van der Waals surface area contributed by atoms with Crippen molar-refractivity contribution in [3.63, 3.8) is 0 Å². The number of nitrogens with one attached hydrogen (secondary N) is 1. The number of hydrogen-bond acceptors (Lipinski definition) is 8. The molecule has 11 heteroatoms. The number of nitrogens with zero attached hydrogens (tertiary/aromatic N) is 3. The Morgan fingerprint density at radius 3 is 2.70 bits per heavy atom. The largest absolute Gasteiger partial charge is 0.453 e. The lowest BCUT2D eigenvalue weighted by Gasteiger charge is -2.05. The second-order valence-electron chi connectivity index (χ2n) is 5.20. The summed E-state index contributed by atoms with van der Waals surface area (Å²) in [6, 6.07) is 10.6. The van der Waals surface area contributed by atoms with Gasteiger partial charge in [0.2, 0.25) is 0 Å². The predicted molar refractivity (Wildman–Crippen MR) is 89.4 cm³/mol. The molecule has 1 aromatic carbocycles. The van der Waals surface area contributed by atoms with Crippen molar-refractivity contribution in [2.75, 3.05) is 13.2 Å². The third-order valence-corrected chi connectivity index (χ3v) is 5.13. The Hall–Kier alpha value is -3.47. The minimum absolute atomic E-state index is 0.0459. The van der Waals surface area contributed by atoms with Crippen LogP contribution in [0.4, 0.5) is 0 Å². The van der Waals surface area contributed by atoms with Crippen LogP contribution in [0.15, 0.2) is 69.4 Å². The van der Waals surface area contributed by atoms with E-state index in [2.05, 4.69) is 20.1 Å². The van der Waals surface area contributed by atoms with E-state index in [4.69, 9.17) is 4.74 Å². The first-order chi connectivity index (χ1) is 13.0. The van der Waals surface area contributed by atoms with E-state index < -0.39 is 20.7 Å². The number of ether oxygens (including phenoxy) is 1. The summed E-state index contributed by atoms with van der Waals surface area (Å²) in [4.78, 5) is 15.4. The molecule has 3 rings (SSSR count). The van der Waals surface area contributed by atoms with Gasteiger partial charge in [0, 0.05) is 12.4 Å². The highest BCUT2D eigenvalue weighted by molar-refractivity contribution is 7.91. The van der Waals surface area contributed by atoms with E-state index in [0.29, 0.717) is 5.56 Å². The zero-order valence-corrected chi connectivity index (χ0v) is 14.6. The molecular weight excluding hydrogens is 376 g/mol. The Morgan fingerprint density at radius 2 is 2.00 bits per heavy atom. The molecule has 1 amide bonds. The molecule has 2 heterocycles. The van der Waals surface area contributed by atoms with Crippen LogP contribution in [0, 0.1) is 5.21 Å². The van der Waals surface area contributed by atoms with Crippen LogP contribution in [0.1, 0.15) is 10.4 Å². The Balaban J connectivity index is 1.66. The minimum atomic E-state index is -4.18. The zero-order chi connectivity index (χ0) is 19.3. The zero-order valence-electron chi connectivity index (χ0n) is 13.8. The summed E-state index contributed by atoms with van der Waals surface area (Å²) in [5.74, 6) is -0.854. The Morgan fingerprint density at radius 1 is 1.22 bits per heavy atom. The number of carbonyl (C=O) groups is 1. The molecule has 0 saturated carbocycles. The van der Waals surface area contributed by atoms with E-state index in [1.54, 1.807) is 18.2 Å². The van der Waals surface area contributed by atoms with E-state index in [1.165, 1.54) is 36.7 Å². The quantitative estimate of drug-likeness (QED) is 0.450. The average Bonchev–Trinajstić information content (AvgIpc) is 3.07. The van der Waals surface area contributed by atoms with E-state index in [9.17, 15) is 18.4 Å². The summed E-state index contributed by atoms with van der Waals surface area (Å²) >= 11 is 0. The number of carbonyl (C=O) groups excluding carboxylic acids is 1. The summed E-state index contributed by atoms with van der Waals surface area (Å²) in [6.07, 6.45) is 2.94. The maximum absolute atomic E-state index is 12.6. The monoisotopic (exact) mass is 390 g/mol. The molecule has 0 aliphatic rings. The molecule has 0 radical (unpaired) electrons. The maximum atomic E-state index is 12.6. The van der Waals surface area contributed by atoms with E-state index in [0.717, 1.165) is 0 Å². The molecule has 0 atom stereocenters. The van der Waals surface area contributed by atoms with Crippen LogP contribution in [-0.2, 0) is 9.84 Å². The van der Waals surface area contributed by atoms with Crippen LogP contribution in [0.25, 0.3) is 0 Å². The maximum Gasteiger partial charge on any atom is 0.415 e. The number of hydrogen-bond donors (Lipinski definition) is 1. The topological polar surface area (TPSA) is 138 Å². The lowest BCUT2D eigenvalue weighted by Crippen LogP contribution is -2.31. The van der Waals surface area contributed by atoms with Crippen LogP contribution in [0.3, 0.4) is 0 Å². The normalized spacial score (nSPS) is 11.1. The molecule has 0 spiro atoms. The first kappa shape index (κ1) is 18.3. The first-order valence-electron chi connectivity index (χ1n) is 7.71. The fourth-order valence-corrected chi connectivity index (χ4v) is 3.45. The molecule has 2 aromatic heterocycles. The van der Waals surface area contributed by atoms with Crippen molar-refractivity contribution < 1.29 is 27.5 Å². The van der Waals surface area contributed by atoms with Gasteiger partial charge in [0.05, 0.1) is 22.2 Å². The SMILES string of the molecule is O=C(NCCOc1no[n+]([O-])c1S(=O)(=O)c1ccccc1)c1cccnc1. The van der Waals surface area contributed by atoms with Crippen LogP contribution < -0.4 is 15.0 Å². The van der Waals surface area contributed by atoms with Gasteiger partial charge in [-0.05, 0) is 29.2 Å². The summed E-state index contributed by atoms with van der Waals surface area (Å²) in [7, 11) is -4.18. The van der Waals surface area contributed by atoms with Crippen molar-refractivity contribution in [3.05, 3.63) is 65.6 Å². The van der Waals surface area contributed by atoms with Crippen molar-refractivity contribution in [1.82, 2.24) is 15.5 Å². The molecule has 3 aromatic rings. The van der Waals surface area contributed by atoms with Gasteiger partial charge in [0.15, 0.2) is 0 Å². The molecular formula is C16H14N4O6S. The smallest absolute Gasteiger partial charge is 0.415 e. The molecule has 0 aliphatic heterocycles. The van der Waals surface area contributed by atoms with E-state index >= 15 is 0 Å². The lowest BCUT2D eigenvalue weighted by atomic mass is 10.3. The lowest BCUT2D eigenvalue weighted by molar-refractivity contribution is -0.832. The predicted octanol–water partition coefficient (Wildman–Crippen LogP) is 0.345. The van der Waals surface area contributed by atoms with Crippen LogP contribution >= 0.6 is 0 Å². The summed E-state index contributed by atoms with van der Waals surface area (Å²) < 4.78 is 34.7. The van der Waals surface area contributed by atoms with Gasteiger partial charge in [0.1, 0.15) is 6.61 Å². The number of benzene rings is 1. The summed E-state index contributed by atoms with van der Waals surface area (Å²) in [6.45, 7) is -0.0832. The third kappa shape index (κ3) is 4.03. The van der Waals surface area contributed by atoms with Crippen molar-refractivity contribution in [2.24, 2.45) is 0 Å². The number of sulfone groups is 1. The van der Waals surface area contributed by atoms with Gasteiger partial charge >= 0.3 is 10.9 Å². The fraction of sp³-hybridized carbons (Fsp3) is 0.125. The fourth-order valence-electron chi connectivity index (χ4n) is 2.15. The highest BCUT2D eigenvalue weighted by atomic mass is 32.2. The average molecular weight is 390 g/mol. The molecule has 0 aliphatic carbocycles. The highest BCUT2D eigenvalue weighted by Gasteiger charge is 2.35. The second kappa shape index (κ2) is 7.83. The van der Waals surface area contributed by atoms with Gasteiger partial charge in [-0.15, -0.1) is 0 Å². The first-order valence-corrected chi connectivity index (χ1v) is 9.19. The molecule has 0 fully saturated rings. The summed E-state index contributed by atoms with van der Waals surface area (Å²) in [5, 5.41) is 16.9. The molecule has 0 saturated heterocycles. The van der Waals surface area contributed by atoms with Gasteiger partial charge in [0.25, 0.3) is 15.7 Å². The number of aromatic nitrogens is 3. The van der Waals surface area contributed by atoms with E-state index in [1.807, 2.05) is 0 Å². The van der Waals surface area contributed by atoms with Gasteiger partial charge in [-0.2, -0.15) is 0 Å². The molecule has 140 valence electrons. The van der Waals surface area contributed by atoms with E-state index in [-0.39, 0.29) is 28.9 Å². The summed E-state index contributed by atoms with van der Waals surface area (Å²) in [5.41, 5.74) is 0.365. The van der Waals surface area contributed by atoms with Crippen molar-refractivity contribution >= 4 is 15.7 Å². The van der Waals surface area contributed by atoms with Crippen LogP contribution in [0.5, 0.6) is 5.88 Å². The molecule has 0 unspecified atom stereocenters. The number of amides is 1. The third-order valence-electron chi connectivity index (χ3n) is 3.40. The van der Waals surface area contributed by atoms with Gasteiger partial charge < -0.3 is 15.3 Å². The molecule has 10 nitrogen and oxygen atoms in total. The molecule has 1 N–H and O–H groups in total. The molecule has 27 heavy (non-hydrogen) atoms. The van der Waals surface area contributed by atoms with Crippen LogP contribution in [-0.4, -0.2) is 37.6 Å².